The van der Waals surface area contributed by atoms with E-state index in [-0.39, 0.29) is 35.7 Å². The minimum atomic E-state index is -0.772. The van der Waals surface area contributed by atoms with E-state index in [4.69, 9.17) is 23.7 Å². The van der Waals surface area contributed by atoms with Crippen molar-refractivity contribution in [1.29, 1.82) is 0 Å². The molecule has 4 aromatic carbocycles. The van der Waals surface area contributed by atoms with Crippen LogP contribution in [0.3, 0.4) is 0 Å². The van der Waals surface area contributed by atoms with Crippen LogP contribution in [0, 0.1) is 5.92 Å². The first-order chi connectivity index (χ1) is 27.2. The maximum absolute atomic E-state index is 11.0. The Morgan fingerprint density at radius 3 is 1.26 bits per heavy atom. The Morgan fingerprint density at radius 1 is 0.544 bits per heavy atom. The van der Waals surface area contributed by atoms with Crippen LogP contribution >= 0.6 is 0 Å². The first-order valence-electron chi connectivity index (χ1n) is 21.5. The maximum Gasteiger partial charge on any atom is 0.119 e. The fourth-order valence-electron chi connectivity index (χ4n) is 7.81. The lowest BCUT2D eigenvalue weighted by Gasteiger charge is -2.34. The summed E-state index contributed by atoms with van der Waals surface area (Å²) in [6, 6.07) is 34.5. The average molecular weight is 779 g/mol. The van der Waals surface area contributed by atoms with Crippen LogP contribution < -0.4 is 9.47 Å². The van der Waals surface area contributed by atoms with Crippen molar-refractivity contribution in [3.8, 4) is 11.5 Å². The number of ether oxygens (including phenoxy) is 5. The van der Waals surface area contributed by atoms with Gasteiger partial charge in [0, 0.05) is 10.8 Å². The highest BCUT2D eigenvalue weighted by Gasteiger charge is 2.33. The molecule has 0 saturated carbocycles. The van der Waals surface area contributed by atoms with E-state index in [9.17, 15) is 5.11 Å². The molecule has 1 saturated heterocycles. The van der Waals surface area contributed by atoms with Crippen molar-refractivity contribution in [1.82, 2.24) is 0 Å². The van der Waals surface area contributed by atoms with Gasteiger partial charge in [-0.25, -0.2) is 0 Å². The zero-order valence-corrected chi connectivity index (χ0v) is 36.5. The highest BCUT2D eigenvalue weighted by molar-refractivity contribution is 5.43. The zero-order valence-electron chi connectivity index (χ0n) is 36.5. The Balaban J connectivity index is 1.15. The molecule has 1 fully saturated rings. The molecular weight excluding hydrogens is 709 g/mol. The van der Waals surface area contributed by atoms with E-state index in [1.54, 1.807) is 0 Å². The van der Waals surface area contributed by atoms with E-state index < -0.39 is 11.7 Å². The van der Waals surface area contributed by atoms with E-state index in [0.717, 1.165) is 62.4 Å². The topological polar surface area (TPSA) is 69.7 Å². The fraction of sp³-hybridized carbons (Fsp3) is 0.529. The Morgan fingerprint density at radius 2 is 0.895 bits per heavy atom. The fourth-order valence-corrected chi connectivity index (χ4v) is 7.81. The molecule has 0 aromatic heterocycles. The third-order valence-electron chi connectivity index (χ3n) is 12.9. The first-order valence-corrected chi connectivity index (χ1v) is 21.5. The van der Waals surface area contributed by atoms with E-state index in [0.29, 0.717) is 12.5 Å². The van der Waals surface area contributed by atoms with Crippen molar-refractivity contribution in [2.75, 3.05) is 33.0 Å². The van der Waals surface area contributed by atoms with Gasteiger partial charge in [0.2, 0.25) is 0 Å². The van der Waals surface area contributed by atoms with Gasteiger partial charge in [0.25, 0.3) is 0 Å². The van der Waals surface area contributed by atoms with Crippen LogP contribution in [-0.2, 0) is 36.2 Å². The van der Waals surface area contributed by atoms with Gasteiger partial charge in [-0.2, -0.15) is 0 Å². The number of hydrogen-bond acceptors (Lipinski definition) is 6. The molecule has 1 N–H and O–H groups in total. The normalized spacial score (nSPS) is 15.9. The Hall–Kier alpha value is -3.68. The van der Waals surface area contributed by atoms with Gasteiger partial charge in [-0.05, 0) is 89.2 Å². The summed E-state index contributed by atoms with van der Waals surface area (Å²) < 4.78 is 30.3. The van der Waals surface area contributed by atoms with E-state index in [2.05, 4.69) is 142 Å². The SMILES string of the molecule is CCC(C)COC(CC)(CC)c1ccc(C(C)(C)c2ccc(OCC(O)COC(CC)(CC)c3ccc(C(C)(C)c4ccc(OCC5CO5)cc4)cc3)cc2)cc1. The molecule has 0 aliphatic carbocycles. The van der Waals surface area contributed by atoms with Crippen LogP contribution in [0.25, 0.3) is 0 Å². The van der Waals surface area contributed by atoms with Crippen LogP contribution in [0.2, 0.25) is 0 Å². The van der Waals surface area contributed by atoms with Crippen molar-refractivity contribution < 1.29 is 28.8 Å². The number of hydrogen-bond donors (Lipinski definition) is 1. The lowest BCUT2D eigenvalue weighted by atomic mass is 9.77. The molecule has 1 heterocycles. The summed E-state index contributed by atoms with van der Waals surface area (Å²) in [7, 11) is 0. The molecule has 4 aromatic rings. The third-order valence-corrected chi connectivity index (χ3v) is 12.9. The van der Waals surface area contributed by atoms with Crippen molar-refractivity contribution in [2.45, 2.75) is 136 Å². The summed E-state index contributed by atoms with van der Waals surface area (Å²) in [6.07, 6.45) is 4.06. The number of rotatable bonds is 23. The molecule has 0 radical (unpaired) electrons. The van der Waals surface area contributed by atoms with Gasteiger partial charge < -0.3 is 28.8 Å². The Bertz CT molecular complexity index is 1780. The molecule has 0 spiro atoms. The standard InChI is InChI=1S/C51H70O6/c1-11-37(6)32-56-50(12-2,13-3)42-20-16-38(17-21-42)48(7,8)40-24-28-45(29-25-40)53-33-44(52)34-57-51(14-4,15-5)43-22-18-39(19-23-43)49(9,10)41-26-30-46(31-27-41)54-35-47-36-55-47/h16-31,37,44,47,52H,11-15,32-36H2,1-10H3. The van der Waals surface area contributed by atoms with Crippen LogP contribution in [0.5, 0.6) is 11.5 Å². The minimum Gasteiger partial charge on any atom is -0.491 e. The predicted octanol–water partition coefficient (Wildman–Crippen LogP) is 11.7. The highest BCUT2D eigenvalue weighted by Crippen LogP contribution is 2.39. The Labute approximate surface area is 344 Å². The second-order valence-electron chi connectivity index (χ2n) is 17.2. The summed E-state index contributed by atoms with van der Waals surface area (Å²) in [6.45, 7) is 24.7. The number of benzene rings is 4. The number of aliphatic hydroxyl groups is 1. The van der Waals surface area contributed by atoms with Crippen molar-refractivity contribution >= 4 is 0 Å². The van der Waals surface area contributed by atoms with Gasteiger partial charge in [-0.1, -0.05) is 148 Å². The largest absolute Gasteiger partial charge is 0.491 e. The first kappa shape index (κ1) is 44.4. The molecule has 3 unspecified atom stereocenters. The van der Waals surface area contributed by atoms with Crippen molar-refractivity contribution in [3.63, 3.8) is 0 Å². The van der Waals surface area contributed by atoms with Crippen LogP contribution in [0.1, 0.15) is 135 Å². The van der Waals surface area contributed by atoms with E-state index >= 15 is 0 Å². The molecular formula is C51H70O6. The molecule has 6 nitrogen and oxygen atoms in total. The molecule has 3 atom stereocenters. The number of aliphatic hydroxyl groups excluding tert-OH is 1. The molecule has 57 heavy (non-hydrogen) atoms. The van der Waals surface area contributed by atoms with Crippen molar-refractivity contribution in [3.05, 3.63) is 130 Å². The van der Waals surface area contributed by atoms with Crippen LogP contribution in [0.4, 0.5) is 0 Å². The molecule has 0 amide bonds. The molecule has 6 heteroatoms. The summed E-state index contributed by atoms with van der Waals surface area (Å²) in [5.41, 5.74) is 6.10. The second kappa shape index (κ2) is 19.4. The number of epoxide rings is 1. The van der Waals surface area contributed by atoms with Crippen molar-refractivity contribution in [2.24, 2.45) is 5.92 Å². The van der Waals surface area contributed by atoms with Gasteiger partial charge >= 0.3 is 0 Å². The van der Waals surface area contributed by atoms with Gasteiger partial charge in [0.05, 0.1) is 31.0 Å². The minimum absolute atomic E-state index is 0.148. The second-order valence-corrected chi connectivity index (χ2v) is 17.2. The summed E-state index contributed by atoms with van der Waals surface area (Å²) in [4.78, 5) is 0. The average Bonchev–Trinajstić information content (AvgIpc) is 4.08. The molecule has 1 aliphatic heterocycles. The van der Waals surface area contributed by atoms with E-state index in [1.165, 1.54) is 27.8 Å². The van der Waals surface area contributed by atoms with Gasteiger partial charge in [-0.15, -0.1) is 0 Å². The maximum atomic E-state index is 11.0. The summed E-state index contributed by atoms with van der Waals surface area (Å²) in [5, 5.41) is 11.0. The monoisotopic (exact) mass is 779 g/mol. The summed E-state index contributed by atoms with van der Waals surface area (Å²) >= 11 is 0. The molecule has 0 bridgehead atoms. The Kier molecular flexibility index (Phi) is 15.1. The molecule has 1 aliphatic rings. The molecule has 5 rings (SSSR count). The molecule has 310 valence electrons. The quantitative estimate of drug-likeness (QED) is 0.0756. The lowest BCUT2D eigenvalue weighted by Crippen LogP contribution is -2.34. The van der Waals surface area contributed by atoms with Gasteiger partial charge in [-0.3, -0.25) is 0 Å². The predicted molar refractivity (Wildman–Crippen MR) is 233 cm³/mol. The summed E-state index contributed by atoms with van der Waals surface area (Å²) in [5.74, 6) is 2.14. The van der Waals surface area contributed by atoms with Crippen LogP contribution in [-0.4, -0.2) is 50.3 Å². The van der Waals surface area contributed by atoms with Gasteiger partial charge in [0.15, 0.2) is 0 Å². The smallest absolute Gasteiger partial charge is 0.119 e. The van der Waals surface area contributed by atoms with Crippen LogP contribution in [0.15, 0.2) is 97.1 Å². The zero-order chi connectivity index (χ0) is 41.3. The third kappa shape index (κ3) is 10.7. The highest BCUT2D eigenvalue weighted by atomic mass is 16.6. The lowest BCUT2D eigenvalue weighted by molar-refractivity contribution is -0.0961. The van der Waals surface area contributed by atoms with Gasteiger partial charge in [0.1, 0.15) is 36.9 Å². The van der Waals surface area contributed by atoms with E-state index in [1.807, 2.05) is 24.3 Å².